The van der Waals surface area contributed by atoms with E-state index in [0.717, 1.165) is 59.0 Å². The van der Waals surface area contributed by atoms with Gasteiger partial charge in [0.25, 0.3) is 0 Å². The van der Waals surface area contributed by atoms with Crippen LogP contribution in [0.15, 0.2) is 0 Å². The van der Waals surface area contributed by atoms with Crippen molar-refractivity contribution in [3.63, 3.8) is 0 Å². The minimum absolute atomic E-state index is 0.213. The van der Waals surface area contributed by atoms with E-state index in [4.69, 9.17) is 31.6 Å². The van der Waals surface area contributed by atoms with Crippen molar-refractivity contribution in [3.8, 4) is 36.4 Å². The molecule has 3 rings (SSSR count). The Morgan fingerprint density at radius 3 is 1.27 bits per heavy atom. The zero-order valence-electron chi connectivity index (χ0n) is 28.3. The number of nitrogens with zero attached hydrogens (tertiary/aromatic N) is 13. The molecule has 3 fully saturated rings. The molecule has 13 nitrogen and oxygen atoms in total. The first-order chi connectivity index (χ1) is 21.6. The van der Waals surface area contributed by atoms with Gasteiger partial charge in [0.2, 0.25) is 0 Å². The summed E-state index contributed by atoms with van der Waals surface area (Å²) >= 11 is 0. The van der Waals surface area contributed by atoms with Crippen LogP contribution in [-0.2, 0) is 0 Å². The minimum atomic E-state index is 0.213. The third kappa shape index (κ3) is 13.7. The van der Waals surface area contributed by atoms with E-state index in [-0.39, 0.29) is 6.17 Å². The smallest absolute Gasteiger partial charge is 0.0878 e. The molecule has 246 valence electrons. The third-order valence-corrected chi connectivity index (χ3v) is 8.79. The molecule has 0 spiro atoms. The summed E-state index contributed by atoms with van der Waals surface area (Å²) in [7, 11) is 0. The number of nitriles is 6. The average Bonchev–Trinajstić information content (AvgIpc) is 3.00. The van der Waals surface area contributed by atoms with Crippen molar-refractivity contribution >= 4 is 0 Å². The molecule has 0 amide bonds. The van der Waals surface area contributed by atoms with E-state index in [1.165, 1.54) is 0 Å². The molecule has 3 aliphatic heterocycles. The molecule has 0 aliphatic carbocycles. The predicted molar refractivity (Wildman–Crippen MR) is 172 cm³/mol. The third-order valence-electron chi connectivity index (χ3n) is 8.79. The summed E-state index contributed by atoms with van der Waals surface area (Å²) in [4.78, 5) is 15.1. The Morgan fingerprint density at radius 1 is 0.533 bits per heavy atom. The average molecular weight is 620 g/mol. The maximum atomic E-state index is 8.79. The summed E-state index contributed by atoms with van der Waals surface area (Å²) in [6.45, 7) is 22.8. The van der Waals surface area contributed by atoms with Crippen molar-refractivity contribution in [1.82, 2.24) is 34.3 Å². The van der Waals surface area contributed by atoms with E-state index >= 15 is 0 Å². The molecule has 2 unspecified atom stereocenters. The first-order valence-electron chi connectivity index (χ1n) is 16.0. The topological polar surface area (TPSA) is 165 Å². The molecule has 45 heavy (non-hydrogen) atoms. The Hall–Kier alpha value is -3.34. The molecule has 13 heteroatoms. The van der Waals surface area contributed by atoms with E-state index in [1.54, 1.807) is 0 Å². The summed E-state index contributed by atoms with van der Waals surface area (Å²) in [6.07, 6.45) is 1.24. The van der Waals surface area contributed by atoms with Gasteiger partial charge >= 0.3 is 0 Å². The molecule has 0 saturated carbocycles. The lowest BCUT2D eigenvalue weighted by Crippen LogP contribution is -2.57. The number of rotatable bonds is 9. The quantitative estimate of drug-likeness (QED) is 0.343. The highest BCUT2D eigenvalue weighted by atomic mass is 15.4. The van der Waals surface area contributed by atoms with Crippen LogP contribution >= 0.6 is 0 Å². The molecule has 0 aromatic carbocycles. The standard InChI is InChI=1S/C12H21N5.2C10H16N4/c1-3-17(4-2)12-9-15(7-5-13)11-16(10-12)8-6-14;1-9-7-10(2)14(6-4-12)8-13(9)5-3-11;1-9-7-13(5-3-11)10(2)14(8-9)6-4-12/h12H,3-4,7-11H2,1-2H3;2*9-10H,5-8H2,1-2H3. The first-order valence-corrected chi connectivity index (χ1v) is 16.0. The fourth-order valence-electron chi connectivity index (χ4n) is 6.32. The Labute approximate surface area is 272 Å². The van der Waals surface area contributed by atoms with Crippen LogP contribution in [-0.4, -0.2) is 150 Å². The Morgan fingerprint density at radius 2 is 0.911 bits per heavy atom. The van der Waals surface area contributed by atoms with Gasteiger partial charge < -0.3 is 0 Å². The second-order valence-corrected chi connectivity index (χ2v) is 12.2. The van der Waals surface area contributed by atoms with Crippen molar-refractivity contribution in [3.05, 3.63) is 0 Å². The van der Waals surface area contributed by atoms with Crippen LogP contribution in [0.3, 0.4) is 0 Å². The number of hydrogen-bond donors (Lipinski definition) is 0. The summed E-state index contributed by atoms with van der Waals surface area (Å²) in [6, 6.07) is 14.4. The fourth-order valence-corrected chi connectivity index (χ4v) is 6.32. The lowest BCUT2D eigenvalue weighted by Gasteiger charge is -2.42. The number of hydrogen-bond acceptors (Lipinski definition) is 13. The van der Waals surface area contributed by atoms with Gasteiger partial charge in [-0.15, -0.1) is 0 Å². The Kier molecular flexibility index (Phi) is 19.6. The van der Waals surface area contributed by atoms with Crippen LogP contribution in [0.5, 0.6) is 0 Å². The number of likely N-dealkylation sites (N-methyl/N-ethyl adjacent to an activating group) is 1. The summed E-state index contributed by atoms with van der Waals surface area (Å²) in [5.41, 5.74) is 0. The molecule has 3 aliphatic rings. The summed E-state index contributed by atoms with van der Waals surface area (Å²) in [5.74, 6) is 0.535. The highest BCUT2D eigenvalue weighted by molar-refractivity contribution is 4.92. The van der Waals surface area contributed by atoms with Gasteiger partial charge in [0.15, 0.2) is 0 Å². The second kappa shape index (κ2) is 22.2. The van der Waals surface area contributed by atoms with Gasteiger partial charge in [-0.2, -0.15) is 31.6 Å². The summed E-state index contributed by atoms with van der Waals surface area (Å²) in [5, 5.41) is 52.2. The van der Waals surface area contributed by atoms with E-state index < -0.39 is 0 Å². The largest absolute Gasteiger partial charge is 0.298 e. The first kappa shape index (κ1) is 39.7. The molecule has 2 atom stereocenters. The predicted octanol–water partition coefficient (Wildman–Crippen LogP) is 1.73. The van der Waals surface area contributed by atoms with Crippen LogP contribution in [0.25, 0.3) is 0 Å². The fraction of sp³-hybridized carbons (Fsp3) is 0.812. The van der Waals surface area contributed by atoms with Gasteiger partial charge in [0.05, 0.1) is 95.2 Å². The SMILES string of the molecule is CC1CC(C)N(CC#N)CN1CC#N.CC1CN(CC#N)C(C)N(CC#N)C1.CCN(CC)C1CN(CC#N)CN(CC#N)C1. The molecule has 0 aromatic heterocycles. The van der Waals surface area contributed by atoms with E-state index in [2.05, 4.69) is 112 Å². The van der Waals surface area contributed by atoms with Gasteiger partial charge in [0.1, 0.15) is 0 Å². The molecular weight excluding hydrogens is 566 g/mol. The minimum Gasteiger partial charge on any atom is -0.298 e. The summed E-state index contributed by atoms with van der Waals surface area (Å²) < 4.78 is 0. The van der Waals surface area contributed by atoms with Crippen molar-refractivity contribution in [2.45, 2.75) is 72.3 Å². The van der Waals surface area contributed by atoms with Crippen molar-refractivity contribution in [1.29, 1.82) is 31.6 Å². The van der Waals surface area contributed by atoms with E-state index in [0.29, 0.717) is 63.3 Å². The lowest BCUT2D eigenvalue weighted by atomic mass is 10.0. The van der Waals surface area contributed by atoms with Crippen LogP contribution < -0.4 is 0 Å². The van der Waals surface area contributed by atoms with Gasteiger partial charge in [-0.25, -0.2) is 0 Å². The van der Waals surface area contributed by atoms with Crippen molar-refractivity contribution in [2.24, 2.45) is 5.92 Å². The highest BCUT2D eigenvalue weighted by Gasteiger charge is 2.30. The molecule has 0 N–H and O–H groups in total. The second-order valence-electron chi connectivity index (χ2n) is 12.2. The van der Waals surface area contributed by atoms with Crippen molar-refractivity contribution in [2.75, 3.05) is 91.9 Å². The molecule has 3 heterocycles. The maximum absolute atomic E-state index is 8.79. The normalized spacial score (nSPS) is 25.5. The van der Waals surface area contributed by atoms with Crippen LogP contribution in [0.1, 0.15) is 48.0 Å². The van der Waals surface area contributed by atoms with Gasteiger partial charge in [-0.1, -0.05) is 20.8 Å². The molecule has 3 saturated heterocycles. The van der Waals surface area contributed by atoms with Gasteiger partial charge in [-0.3, -0.25) is 34.3 Å². The molecular formula is C32H53N13. The zero-order valence-corrected chi connectivity index (χ0v) is 28.3. The molecule has 0 aromatic rings. The monoisotopic (exact) mass is 619 g/mol. The molecule has 0 bridgehead atoms. The molecule has 0 radical (unpaired) electrons. The highest BCUT2D eigenvalue weighted by Crippen LogP contribution is 2.19. The zero-order chi connectivity index (χ0) is 33.8. The Balaban J connectivity index is 0.000000340. The van der Waals surface area contributed by atoms with Crippen LogP contribution in [0.4, 0.5) is 0 Å². The van der Waals surface area contributed by atoms with Crippen LogP contribution in [0.2, 0.25) is 0 Å². The maximum Gasteiger partial charge on any atom is 0.0878 e. The van der Waals surface area contributed by atoms with Crippen LogP contribution in [0, 0.1) is 73.9 Å². The van der Waals surface area contributed by atoms with Gasteiger partial charge in [0, 0.05) is 44.3 Å². The van der Waals surface area contributed by atoms with E-state index in [9.17, 15) is 0 Å². The van der Waals surface area contributed by atoms with Crippen molar-refractivity contribution < 1.29 is 0 Å². The lowest BCUT2D eigenvalue weighted by molar-refractivity contribution is 0.00755. The van der Waals surface area contributed by atoms with Gasteiger partial charge in [-0.05, 0) is 46.2 Å². The Bertz CT molecular complexity index is 1020. The van der Waals surface area contributed by atoms with E-state index in [1.807, 2.05) is 0 Å².